The summed E-state index contributed by atoms with van der Waals surface area (Å²) in [5.41, 5.74) is 0. The third-order valence-electron chi connectivity index (χ3n) is 1.26. The average Bonchev–Trinajstić information content (AvgIpc) is 2.05. The van der Waals surface area contributed by atoms with Gasteiger partial charge in [0.2, 0.25) is 0 Å². The average molecular weight is 168 g/mol. The van der Waals surface area contributed by atoms with E-state index in [0.717, 1.165) is 4.91 Å². The number of carboxylic acids is 1. The van der Waals surface area contributed by atoms with Crippen LogP contribution in [0.15, 0.2) is 34.6 Å². The maximum atomic E-state index is 10.5. The van der Waals surface area contributed by atoms with Crippen LogP contribution >= 0.6 is 11.8 Å². The number of aliphatic carboxylic acids is 1. The molecule has 0 aromatic rings. The fourth-order valence-corrected chi connectivity index (χ4v) is 1.53. The normalized spacial score (nSPS) is 16.7. The van der Waals surface area contributed by atoms with Crippen molar-refractivity contribution in [1.29, 1.82) is 0 Å². The lowest BCUT2D eigenvalue weighted by atomic mass is 10.3. The summed E-state index contributed by atoms with van der Waals surface area (Å²) in [4.78, 5) is 11.8. The van der Waals surface area contributed by atoms with Gasteiger partial charge in [0.15, 0.2) is 0 Å². The summed E-state index contributed by atoms with van der Waals surface area (Å²) in [6.07, 6.45) is 6.00. The molecule has 1 rings (SSSR count). The number of carbonyl (C=O) groups is 1. The summed E-state index contributed by atoms with van der Waals surface area (Å²) in [7, 11) is 0. The second-order valence-corrected chi connectivity index (χ2v) is 3.14. The molecule has 3 heteroatoms. The monoisotopic (exact) mass is 168 g/mol. The minimum atomic E-state index is -0.859. The highest BCUT2D eigenvalue weighted by Crippen LogP contribution is 2.30. The number of thioether (sulfide) groups is 1. The van der Waals surface area contributed by atoms with Crippen LogP contribution in [0.4, 0.5) is 0 Å². The molecular formula is C8H8O2S. The molecule has 0 saturated heterocycles. The third-order valence-corrected chi connectivity index (χ3v) is 2.39. The molecule has 1 aliphatic heterocycles. The molecule has 0 radical (unpaired) electrons. The molecule has 1 heterocycles. The van der Waals surface area contributed by atoms with E-state index in [1.54, 1.807) is 12.2 Å². The van der Waals surface area contributed by atoms with Crippen molar-refractivity contribution in [1.82, 2.24) is 0 Å². The number of carboxylic acid groups (broad SMARTS) is 1. The van der Waals surface area contributed by atoms with Gasteiger partial charge in [-0.05, 0) is 6.42 Å². The molecule has 0 aromatic heterocycles. The molecule has 0 aliphatic carbocycles. The van der Waals surface area contributed by atoms with Crippen LogP contribution in [0.2, 0.25) is 0 Å². The standard InChI is InChI=1S/C8H8O2S/c1-2-6-4-3-5-7(11-6)8(9)10/h2,4-5H,1,3H2,(H,9,10). The van der Waals surface area contributed by atoms with Crippen LogP contribution in [-0.2, 0) is 4.79 Å². The van der Waals surface area contributed by atoms with Crippen molar-refractivity contribution < 1.29 is 9.90 Å². The van der Waals surface area contributed by atoms with E-state index in [4.69, 9.17) is 5.11 Å². The SMILES string of the molecule is C=CC1=CCC=C(C(=O)O)S1. The first kappa shape index (κ1) is 8.14. The Bertz CT molecular complexity index is 251. The predicted octanol–water partition coefficient (Wildman–Crippen LogP) is 2.16. The van der Waals surface area contributed by atoms with Crippen molar-refractivity contribution in [2.75, 3.05) is 0 Å². The minimum Gasteiger partial charge on any atom is -0.477 e. The second-order valence-electron chi connectivity index (χ2n) is 2.02. The third kappa shape index (κ3) is 1.98. The summed E-state index contributed by atoms with van der Waals surface area (Å²) in [6.45, 7) is 3.57. The van der Waals surface area contributed by atoms with E-state index in [9.17, 15) is 4.79 Å². The Morgan fingerprint density at radius 1 is 1.73 bits per heavy atom. The van der Waals surface area contributed by atoms with Crippen molar-refractivity contribution in [3.8, 4) is 0 Å². The summed E-state index contributed by atoms with van der Waals surface area (Å²) in [6, 6.07) is 0. The van der Waals surface area contributed by atoms with Crippen molar-refractivity contribution in [2.45, 2.75) is 6.42 Å². The van der Waals surface area contributed by atoms with Crippen LogP contribution in [0.1, 0.15) is 6.42 Å². The van der Waals surface area contributed by atoms with Gasteiger partial charge in [0.1, 0.15) is 0 Å². The highest BCUT2D eigenvalue weighted by molar-refractivity contribution is 8.07. The molecule has 0 saturated carbocycles. The summed E-state index contributed by atoms with van der Waals surface area (Å²) < 4.78 is 0. The molecule has 0 spiro atoms. The number of allylic oxidation sites excluding steroid dienone is 3. The van der Waals surface area contributed by atoms with E-state index in [1.165, 1.54) is 11.8 Å². The zero-order valence-electron chi connectivity index (χ0n) is 5.91. The van der Waals surface area contributed by atoms with Crippen LogP contribution in [0, 0.1) is 0 Å². The first-order valence-corrected chi connectivity index (χ1v) is 3.99. The van der Waals surface area contributed by atoms with Crippen LogP contribution in [0.5, 0.6) is 0 Å². The van der Waals surface area contributed by atoms with Gasteiger partial charge in [-0.2, -0.15) is 0 Å². The smallest absolute Gasteiger partial charge is 0.342 e. The lowest BCUT2D eigenvalue weighted by Gasteiger charge is -2.06. The highest BCUT2D eigenvalue weighted by Gasteiger charge is 2.11. The second kappa shape index (κ2) is 3.44. The Hall–Kier alpha value is -0.960. The first-order chi connectivity index (χ1) is 5.24. The molecule has 58 valence electrons. The van der Waals surface area contributed by atoms with Gasteiger partial charge in [-0.25, -0.2) is 4.79 Å². The fourth-order valence-electron chi connectivity index (χ4n) is 0.748. The van der Waals surface area contributed by atoms with Crippen LogP contribution < -0.4 is 0 Å². The van der Waals surface area contributed by atoms with Gasteiger partial charge >= 0.3 is 5.97 Å². The zero-order valence-corrected chi connectivity index (χ0v) is 6.73. The Labute approximate surface area is 69.3 Å². The fraction of sp³-hybridized carbons (Fsp3) is 0.125. The van der Waals surface area contributed by atoms with Crippen LogP contribution in [0.25, 0.3) is 0 Å². The molecule has 0 bridgehead atoms. The summed E-state index contributed by atoms with van der Waals surface area (Å²) in [5, 5.41) is 8.60. The topological polar surface area (TPSA) is 37.3 Å². The van der Waals surface area contributed by atoms with Crippen LogP contribution in [-0.4, -0.2) is 11.1 Å². The van der Waals surface area contributed by atoms with Crippen molar-refractivity contribution >= 4 is 17.7 Å². The molecule has 2 nitrogen and oxygen atoms in total. The van der Waals surface area contributed by atoms with Crippen molar-refractivity contribution in [3.63, 3.8) is 0 Å². The maximum Gasteiger partial charge on any atom is 0.342 e. The number of rotatable bonds is 2. The lowest BCUT2D eigenvalue weighted by Crippen LogP contribution is -1.98. The maximum absolute atomic E-state index is 10.5. The molecule has 0 amide bonds. The molecular weight excluding hydrogens is 160 g/mol. The molecule has 11 heavy (non-hydrogen) atoms. The molecule has 1 N–H and O–H groups in total. The number of hydrogen-bond donors (Lipinski definition) is 1. The van der Waals surface area contributed by atoms with E-state index in [0.29, 0.717) is 11.3 Å². The van der Waals surface area contributed by atoms with Crippen LogP contribution in [0.3, 0.4) is 0 Å². The molecule has 0 atom stereocenters. The zero-order chi connectivity index (χ0) is 8.27. The van der Waals surface area contributed by atoms with Crippen molar-refractivity contribution in [3.05, 3.63) is 34.6 Å². The van der Waals surface area contributed by atoms with Gasteiger partial charge in [0.25, 0.3) is 0 Å². The van der Waals surface area contributed by atoms with E-state index in [2.05, 4.69) is 6.58 Å². The van der Waals surface area contributed by atoms with Gasteiger partial charge in [0, 0.05) is 4.91 Å². The Balaban J connectivity index is 2.69. The Morgan fingerprint density at radius 3 is 3.00 bits per heavy atom. The predicted molar refractivity (Wildman–Crippen MR) is 46.2 cm³/mol. The van der Waals surface area contributed by atoms with Crippen molar-refractivity contribution in [2.24, 2.45) is 0 Å². The summed E-state index contributed by atoms with van der Waals surface area (Å²) in [5.74, 6) is -0.859. The van der Waals surface area contributed by atoms with Gasteiger partial charge in [-0.15, -0.1) is 0 Å². The Kier molecular flexibility index (Phi) is 2.54. The van der Waals surface area contributed by atoms with E-state index in [1.807, 2.05) is 6.08 Å². The Morgan fingerprint density at radius 2 is 2.45 bits per heavy atom. The van der Waals surface area contributed by atoms with Gasteiger partial charge in [-0.1, -0.05) is 36.6 Å². The molecule has 1 aliphatic rings. The lowest BCUT2D eigenvalue weighted by molar-refractivity contribution is -0.131. The first-order valence-electron chi connectivity index (χ1n) is 3.18. The van der Waals surface area contributed by atoms with E-state index >= 15 is 0 Å². The largest absolute Gasteiger partial charge is 0.477 e. The van der Waals surface area contributed by atoms with Gasteiger partial charge in [-0.3, -0.25) is 0 Å². The van der Waals surface area contributed by atoms with E-state index in [-0.39, 0.29) is 0 Å². The number of hydrogen-bond acceptors (Lipinski definition) is 2. The van der Waals surface area contributed by atoms with Gasteiger partial charge in [0.05, 0.1) is 4.91 Å². The van der Waals surface area contributed by atoms with E-state index < -0.39 is 5.97 Å². The molecule has 0 fully saturated rings. The minimum absolute atomic E-state index is 0.391. The highest BCUT2D eigenvalue weighted by atomic mass is 32.2. The molecule has 0 aromatic carbocycles. The van der Waals surface area contributed by atoms with Gasteiger partial charge < -0.3 is 5.11 Å². The molecule has 0 unspecified atom stereocenters. The quantitative estimate of drug-likeness (QED) is 0.686. The summed E-state index contributed by atoms with van der Waals surface area (Å²) >= 11 is 1.24.